The van der Waals surface area contributed by atoms with Crippen molar-refractivity contribution in [3.05, 3.63) is 57.9 Å². The Bertz CT molecular complexity index is 1100. The highest BCUT2D eigenvalue weighted by atomic mass is 16.5. The normalized spacial score (nSPS) is 20.0. The minimum Gasteiger partial charge on any atom is -0.462 e. The standard InChI is InChI=1S/C23H25N3O5/c1-4-31-20(28)19-14(3)24-13(2)18(19)17(27)12-26-21(29)23(25-22(26)30)11-7-9-15-8-5-6-10-16(15)23/h5-6,8,10,24H,4,7,9,11-12H2,1-3H3,(H,25,30)/t23-/m1/s1. The largest absolute Gasteiger partial charge is 0.462 e. The summed E-state index contributed by atoms with van der Waals surface area (Å²) in [4.78, 5) is 55.7. The number of nitrogens with one attached hydrogen (secondary N) is 2. The van der Waals surface area contributed by atoms with E-state index < -0.39 is 35.8 Å². The van der Waals surface area contributed by atoms with Crippen molar-refractivity contribution >= 4 is 23.7 Å². The third kappa shape index (κ3) is 3.22. The van der Waals surface area contributed by atoms with Gasteiger partial charge in [-0.3, -0.25) is 14.5 Å². The van der Waals surface area contributed by atoms with Gasteiger partial charge >= 0.3 is 12.0 Å². The number of urea groups is 1. The number of carbonyl (C=O) groups excluding carboxylic acids is 4. The summed E-state index contributed by atoms with van der Waals surface area (Å²) in [6.07, 6.45) is 2.08. The van der Waals surface area contributed by atoms with Gasteiger partial charge in [-0.05, 0) is 51.2 Å². The van der Waals surface area contributed by atoms with E-state index in [1.54, 1.807) is 20.8 Å². The maximum atomic E-state index is 13.4. The molecule has 2 heterocycles. The Kier molecular flexibility index (Phi) is 5.16. The molecule has 0 radical (unpaired) electrons. The number of ether oxygens (including phenoxy) is 1. The van der Waals surface area contributed by atoms with Crippen LogP contribution in [0, 0.1) is 13.8 Å². The number of aromatic amines is 1. The SMILES string of the molecule is CCOC(=O)c1c(C)[nH]c(C)c1C(=O)CN1C(=O)N[C@@]2(CCCc3ccccc32)C1=O. The van der Waals surface area contributed by atoms with Crippen molar-refractivity contribution in [1.82, 2.24) is 15.2 Å². The van der Waals surface area contributed by atoms with Crippen molar-refractivity contribution in [3.63, 3.8) is 0 Å². The minimum atomic E-state index is -1.14. The van der Waals surface area contributed by atoms with Crippen LogP contribution in [0.5, 0.6) is 0 Å². The highest BCUT2D eigenvalue weighted by Crippen LogP contribution is 2.40. The van der Waals surface area contributed by atoms with E-state index in [0.29, 0.717) is 17.8 Å². The molecule has 1 atom stereocenters. The maximum Gasteiger partial charge on any atom is 0.340 e. The molecule has 2 aromatic rings. The van der Waals surface area contributed by atoms with Gasteiger partial charge in [-0.25, -0.2) is 9.59 Å². The molecule has 8 nitrogen and oxygen atoms in total. The van der Waals surface area contributed by atoms with Gasteiger partial charge in [-0.15, -0.1) is 0 Å². The van der Waals surface area contributed by atoms with Gasteiger partial charge in [-0.2, -0.15) is 0 Å². The van der Waals surface area contributed by atoms with Crippen LogP contribution in [0.2, 0.25) is 0 Å². The number of ketones is 1. The number of Topliss-reactive ketones (excluding diaryl/α,β-unsaturated/α-hetero) is 1. The molecular weight excluding hydrogens is 398 g/mol. The number of aryl methyl sites for hydroxylation is 3. The molecule has 4 rings (SSSR count). The van der Waals surface area contributed by atoms with E-state index >= 15 is 0 Å². The Morgan fingerprint density at radius 3 is 2.58 bits per heavy atom. The topological polar surface area (TPSA) is 109 Å². The van der Waals surface area contributed by atoms with Crippen LogP contribution in [0.3, 0.4) is 0 Å². The molecule has 31 heavy (non-hydrogen) atoms. The molecule has 1 fully saturated rings. The average Bonchev–Trinajstić information content (AvgIpc) is 3.16. The molecule has 162 valence electrons. The average molecular weight is 423 g/mol. The Morgan fingerprint density at radius 1 is 1.13 bits per heavy atom. The van der Waals surface area contributed by atoms with Crippen LogP contribution < -0.4 is 5.32 Å². The van der Waals surface area contributed by atoms with Crippen LogP contribution in [0.15, 0.2) is 24.3 Å². The van der Waals surface area contributed by atoms with E-state index in [9.17, 15) is 19.2 Å². The summed E-state index contributed by atoms with van der Waals surface area (Å²) in [5, 5.41) is 2.85. The summed E-state index contributed by atoms with van der Waals surface area (Å²) in [6, 6.07) is 6.97. The molecule has 0 bridgehead atoms. The zero-order chi connectivity index (χ0) is 22.3. The van der Waals surface area contributed by atoms with Gasteiger partial charge in [0.15, 0.2) is 5.78 Å². The van der Waals surface area contributed by atoms with Crippen LogP contribution in [0.4, 0.5) is 4.79 Å². The van der Waals surface area contributed by atoms with Crippen molar-refractivity contribution in [2.45, 2.75) is 45.6 Å². The highest BCUT2D eigenvalue weighted by molar-refractivity contribution is 6.14. The quantitative estimate of drug-likeness (QED) is 0.437. The minimum absolute atomic E-state index is 0.147. The van der Waals surface area contributed by atoms with Crippen LogP contribution >= 0.6 is 0 Å². The Labute approximate surface area is 179 Å². The van der Waals surface area contributed by atoms with Gasteiger partial charge < -0.3 is 15.0 Å². The molecule has 1 aromatic heterocycles. The van der Waals surface area contributed by atoms with Gasteiger partial charge in [0.1, 0.15) is 5.54 Å². The van der Waals surface area contributed by atoms with Gasteiger partial charge in [0.25, 0.3) is 5.91 Å². The van der Waals surface area contributed by atoms with E-state index in [2.05, 4.69) is 10.3 Å². The molecule has 0 unspecified atom stereocenters. The molecule has 1 aromatic carbocycles. The Hall–Kier alpha value is -3.42. The number of esters is 1. The predicted molar refractivity (Wildman–Crippen MR) is 112 cm³/mol. The summed E-state index contributed by atoms with van der Waals surface area (Å²) in [6.45, 7) is 4.76. The van der Waals surface area contributed by atoms with Crippen molar-refractivity contribution in [3.8, 4) is 0 Å². The number of H-pyrrole nitrogens is 1. The fraction of sp³-hybridized carbons (Fsp3) is 0.391. The fourth-order valence-corrected chi connectivity index (χ4v) is 4.77. The smallest absolute Gasteiger partial charge is 0.340 e. The molecule has 0 saturated carbocycles. The summed E-state index contributed by atoms with van der Waals surface area (Å²) in [5.74, 6) is -1.53. The lowest BCUT2D eigenvalue weighted by Gasteiger charge is -2.33. The maximum absolute atomic E-state index is 13.4. The van der Waals surface area contributed by atoms with Crippen LogP contribution in [0.25, 0.3) is 0 Å². The first-order valence-electron chi connectivity index (χ1n) is 10.4. The fourth-order valence-electron chi connectivity index (χ4n) is 4.77. The number of nitrogens with zero attached hydrogens (tertiary/aromatic N) is 1. The number of aromatic nitrogens is 1. The van der Waals surface area contributed by atoms with E-state index in [0.717, 1.165) is 28.9 Å². The van der Waals surface area contributed by atoms with Gasteiger partial charge in [0.2, 0.25) is 0 Å². The Morgan fingerprint density at radius 2 is 1.84 bits per heavy atom. The number of rotatable bonds is 5. The van der Waals surface area contributed by atoms with Gasteiger partial charge in [0.05, 0.1) is 24.3 Å². The second kappa shape index (κ2) is 7.68. The first-order chi connectivity index (χ1) is 14.8. The molecule has 1 aliphatic carbocycles. The lowest BCUT2D eigenvalue weighted by molar-refractivity contribution is -0.131. The van der Waals surface area contributed by atoms with Crippen LogP contribution in [-0.4, -0.2) is 46.7 Å². The first-order valence-corrected chi connectivity index (χ1v) is 10.4. The summed E-state index contributed by atoms with van der Waals surface area (Å²) in [5.41, 5.74) is 1.98. The number of amides is 3. The number of carbonyl (C=O) groups is 4. The zero-order valence-corrected chi connectivity index (χ0v) is 17.8. The number of hydrogen-bond donors (Lipinski definition) is 2. The van der Waals surface area contributed by atoms with Crippen LogP contribution in [0.1, 0.15) is 63.0 Å². The third-order valence-corrected chi connectivity index (χ3v) is 6.09. The molecule has 1 saturated heterocycles. The van der Waals surface area contributed by atoms with Crippen molar-refractivity contribution < 1.29 is 23.9 Å². The Balaban J connectivity index is 1.65. The number of fused-ring (bicyclic) bond motifs is 2. The second-order valence-electron chi connectivity index (χ2n) is 8.01. The zero-order valence-electron chi connectivity index (χ0n) is 17.8. The molecule has 3 amide bonds. The monoisotopic (exact) mass is 423 g/mol. The van der Waals surface area contributed by atoms with Crippen LogP contribution in [-0.2, 0) is 21.5 Å². The van der Waals surface area contributed by atoms with Crippen molar-refractivity contribution in [2.75, 3.05) is 13.2 Å². The number of imide groups is 1. The molecule has 2 aliphatic rings. The molecular formula is C23H25N3O5. The van der Waals surface area contributed by atoms with E-state index in [4.69, 9.17) is 4.74 Å². The second-order valence-corrected chi connectivity index (χ2v) is 8.01. The number of hydrogen-bond acceptors (Lipinski definition) is 5. The lowest BCUT2D eigenvalue weighted by atomic mass is 9.76. The summed E-state index contributed by atoms with van der Waals surface area (Å²) in [7, 11) is 0. The number of benzene rings is 1. The van der Waals surface area contributed by atoms with Crippen molar-refractivity contribution in [2.24, 2.45) is 0 Å². The molecule has 8 heteroatoms. The molecule has 1 aliphatic heterocycles. The molecule has 1 spiro atoms. The summed E-state index contributed by atoms with van der Waals surface area (Å²) < 4.78 is 5.08. The van der Waals surface area contributed by atoms with E-state index in [1.807, 2.05) is 24.3 Å². The lowest BCUT2D eigenvalue weighted by Crippen LogP contribution is -2.46. The first kappa shape index (κ1) is 20.8. The summed E-state index contributed by atoms with van der Waals surface area (Å²) >= 11 is 0. The van der Waals surface area contributed by atoms with Crippen molar-refractivity contribution in [1.29, 1.82) is 0 Å². The van der Waals surface area contributed by atoms with Gasteiger partial charge in [0, 0.05) is 11.4 Å². The van der Waals surface area contributed by atoms with E-state index in [1.165, 1.54) is 0 Å². The molecule has 2 N–H and O–H groups in total. The van der Waals surface area contributed by atoms with E-state index in [-0.39, 0.29) is 17.7 Å². The highest BCUT2D eigenvalue weighted by Gasteiger charge is 2.54. The predicted octanol–water partition coefficient (Wildman–Crippen LogP) is 2.77. The third-order valence-electron chi connectivity index (χ3n) is 6.09. The van der Waals surface area contributed by atoms with Gasteiger partial charge in [-0.1, -0.05) is 24.3 Å².